The summed E-state index contributed by atoms with van der Waals surface area (Å²) in [5.41, 5.74) is 2.22. The van der Waals surface area contributed by atoms with E-state index in [1.807, 2.05) is 25.5 Å². The second-order valence-electron chi connectivity index (χ2n) is 5.06. The molecule has 0 saturated carbocycles. The fraction of sp³-hybridized carbons (Fsp3) is 0.714. The number of carbonyl (C=O) groups excluding carboxylic acids is 1. The SMILES string of the molecule is CCc1cc(CNC(C)C(=O)NC(C)C)n(CC)n1. The van der Waals surface area contributed by atoms with E-state index in [0.717, 1.165) is 24.4 Å². The van der Waals surface area contributed by atoms with Gasteiger partial charge in [0.2, 0.25) is 5.91 Å². The van der Waals surface area contributed by atoms with Crippen molar-refractivity contribution in [1.29, 1.82) is 0 Å². The van der Waals surface area contributed by atoms with Gasteiger partial charge in [-0.05, 0) is 40.2 Å². The highest BCUT2D eigenvalue weighted by atomic mass is 16.2. The van der Waals surface area contributed by atoms with Crippen LogP contribution in [0.1, 0.15) is 46.0 Å². The zero-order chi connectivity index (χ0) is 14.4. The zero-order valence-electron chi connectivity index (χ0n) is 12.7. The van der Waals surface area contributed by atoms with Gasteiger partial charge in [0.05, 0.1) is 17.4 Å². The van der Waals surface area contributed by atoms with Crippen molar-refractivity contribution in [3.8, 4) is 0 Å². The van der Waals surface area contributed by atoms with E-state index in [1.54, 1.807) is 0 Å². The molecule has 1 unspecified atom stereocenters. The number of hydrogen-bond donors (Lipinski definition) is 2. The maximum absolute atomic E-state index is 11.8. The third-order valence-corrected chi connectivity index (χ3v) is 2.99. The molecule has 0 aliphatic heterocycles. The Labute approximate surface area is 115 Å². The average molecular weight is 266 g/mol. The first-order chi connectivity index (χ1) is 8.97. The lowest BCUT2D eigenvalue weighted by Gasteiger charge is -2.16. The first-order valence-corrected chi connectivity index (χ1v) is 7.07. The van der Waals surface area contributed by atoms with Gasteiger partial charge in [-0.3, -0.25) is 9.48 Å². The first-order valence-electron chi connectivity index (χ1n) is 7.07. The van der Waals surface area contributed by atoms with Crippen LogP contribution in [0.4, 0.5) is 0 Å². The summed E-state index contributed by atoms with van der Waals surface area (Å²) < 4.78 is 1.99. The van der Waals surface area contributed by atoms with Gasteiger partial charge in [-0.2, -0.15) is 5.10 Å². The van der Waals surface area contributed by atoms with E-state index in [4.69, 9.17) is 0 Å². The van der Waals surface area contributed by atoms with Gasteiger partial charge in [0.1, 0.15) is 0 Å². The molecular weight excluding hydrogens is 240 g/mol. The molecule has 108 valence electrons. The normalized spacial score (nSPS) is 12.7. The molecule has 2 N–H and O–H groups in total. The number of amides is 1. The van der Waals surface area contributed by atoms with Crippen LogP contribution in [0, 0.1) is 0 Å². The van der Waals surface area contributed by atoms with Crippen molar-refractivity contribution in [2.45, 2.75) is 66.2 Å². The number of hydrogen-bond acceptors (Lipinski definition) is 3. The topological polar surface area (TPSA) is 59.0 Å². The third kappa shape index (κ3) is 4.67. The number of nitrogens with one attached hydrogen (secondary N) is 2. The quantitative estimate of drug-likeness (QED) is 0.785. The standard InChI is InChI=1S/C14H26N4O/c1-6-12-8-13(18(7-2)17-12)9-15-11(5)14(19)16-10(3)4/h8,10-11,15H,6-7,9H2,1-5H3,(H,16,19). The smallest absolute Gasteiger partial charge is 0.237 e. The Morgan fingerprint density at radius 2 is 2.05 bits per heavy atom. The fourth-order valence-corrected chi connectivity index (χ4v) is 1.86. The Bertz CT molecular complexity index is 412. The summed E-state index contributed by atoms with van der Waals surface area (Å²) in [6, 6.07) is 2.07. The second kappa shape index (κ2) is 7.28. The summed E-state index contributed by atoms with van der Waals surface area (Å²) in [5.74, 6) is 0.0354. The van der Waals surface area contributed by atoms with Crippen LogP contribution in [0.5, 0.6) is 0 Å². The van der Waals surface area contributed by atoms with Crippen molar-refractivity contribution in [3.05, 3.63) is 17.5 Å². The number of aromatic nitrogens is 2. The highest BCUT2D eigenvalue weighted by Gasteiger charge is 2.14. The van der Waals surface area contributed by atoms with Gasteiger partial charge in [0.25, 0.3) is 0 Å². The molecule has 0 fully saturated rings. The van der Waals surface area contributed by atoms with E-state index in [0.29, 0.717) is 6.54 Å². The molecule has 19 heavy (non-hydrogen) atoms. The summed E-state index contributed by atoms with van der Waals surface area (Å²) >= 11 is 0. The van der Waals surface area contributed by atoms with E-state index in [1.165, 1.54) is 0 Å². The molecule has 5 heteroatoms. The molecule has 0 saturated heterocycles. The molecule has 0 spiro atoms. The van der Waals surface area contributed by atoms with Crippen LogP contribution in [0.25, 0.3) is 0 Å². The molecule has 0 aliphatic carbocycles. The van der Waals surface area contributed by atoms with Crippen LogP contribution in [-0.2, 0) is 24.3 Å². The van der Waals surface area contributed by atoms with Gasteiger partial charge in [-0.1, -0.05) is 6.92 Å². The minimum absolute atomic E-state index is 0.0354. The molecule has 1 aromatic heterocycles. The first kappa shape index (κ1) is 15.7. The molecular formula is C14H26N4O. The molecule has 0 bridgehead atoms. The molecule has 1 atom stereocenters. The second-order valence-corrected chi connectivity index (χ2v) is 5.06. The van der Waals surface area contributed by atoms with Gasteiger partial charge >= 0.3 is 0 Å². The van der Waals surface area contributed by atoms with Crippen LogP contribution in [0.2, 0.25) is 0 Å². The van der Waals surface area contributed by atoms with Crippen LogP contribution in [0.3, 0.4) is 0 Å². The van der Waals surface area contributed by atoms with Crippen molar-refractivity contribution < 1.29 is 4.79 Å². The predicted octanol–water partition coefficient (Wildman–Crippen LogP) is 1.47. The van der Waals surface area contributed by atoms with Crippen LogP contribution in [-0.4, -0.2) is 27.8 Å². The van der Waals surface area contributed by atoms with Gasteiger partial charge < -0.3 is 10.6 Å². The molecule has 0 aromatic carbocycles. The number of carbonyl (C=O) groups is 1. The fourth-order valence-electron chi connectivity index (χ4n) is 1.86. The average Bonchev–Trinajstić information content (AvgIpc) is 2.77. The third-order valence-electron chi connectivity index (χ3n) is 2.99. The van der Waals surface area contributed by atoms with E-state index in [2.05, 4.69) is 35.6 Å². The van der Waals surface area contributed by atoms with Crippen LogP contribution >= 0.6 is 0 Å². The molecule has 0 aliphatic rings. The van der Waals surface area contributed by atoms with Gasteiger partial charge in [0.15, 0.2) is 0 Å². The number of nitrogens with zero attached hydrogens (tertiary/aromatic N) is 2. The molecule has 1 rings (SSSR count). The minimum atomic E-state index is -0.201. The molecule has 5 nitrogen and oxygen atoms in total. The predicted molar refractivity (Wildman–Crippen MR) is 76.9 cm³/mol. The van der Waals surface area contributed by atoms with Crippen molar-refractivity contribution in [2.75, 3.05) is 0 Å². The summed E-state index contributed by atoms with van der Waals surface area (Å²) in [5, 5.41) is 10.6. The number of rotatable bonds is 7. The summed E-state index contributed by atoms with van der Waals surface area (Å²) in [6.07, 6.45) is 0.934. The Balaban J connectivity index is 2.56. The van der Waals surface area contributed by atoms with E-state index >= 15 is 0 Å². The molecule has 1 amide bonds. The number of aryl methyl sites for hydroxylation is 2. The zero-order valence-corrected chi connectivity index (χ0v) is 12.7. The summed E-state index contributed by atoms with van der Waals surface area (Å²) in [6.45, 7) is 11.5. The van der Waals surface area contributed by atoms with Gasteiger partial charge in [-0.15, -0.1) is 0 Å². The van der Waals surface area contributed by atoms with Crippen molar-refractivity contribution in [2.24, 2.45) is 0 Å². The van der Waals surface area contributed by atoms with Gasteiger partial charge in [0, 0.05) is 19.1 Å². The summed E-state index contributed by atoms with van der Waals surface area (Å²) in [4.78, 5) is 11.8. The largest absolute Gasteiger partial charge is 0.353 e. The highest BCUT2D eigenvalue weighted by molar-refractivity contribution is 5.81. The Morgan fingerprint density at radius 1 is 1.37 bits per heavy atom. The van der Waals surface area contributed by atoms with E-state index in [9.17, 15) is 4.79 Å². The highest BCUT2D eigenvalue weighted by Crippen LogP contribution is 2.05. The lowest BCUT2D eigenvalue weighted by atomic mass is 10.2. The molecule has 1 aromatic rings. The van der Waals surface area contributed by atoms with Crippen molar-refractivity contribution in [1.82, 2.24) is 20.4 Å². The van der Waals surface area contributed by atoms with E-state index in [-0.39, 0.29) is 18.0 Å². The van der Waals surface area contributed by atoms with Crippen molar-refractivity contribution in [3.63, 3.8) is 0 Å². The van der Waals surface area contributed by atoms with Crippen molar-refractivity contribution >= 4 is 5.91 Å². The van der Waals surface area contributed by atoms with Crippen LogP contribution < -0.4 is 10.6 Å². The van der Waals surface area contributed by atoms with Gasteiger partial charge in [-0.25, -0.2) is 0 Å². The van der Waals surface area contributed by atoms with E-state index < -0.39 is 0 Å². The minimum Gasteiger partial charge on any atom is -0.353 e. The monoisotopic (exact) mass is 266 g/mol. The Morgan fingerprint density at radius 3 is 2.58 bits per heavy atom. The Kier molecular flexibility index (Phi) is 6.02. The van der Waals surface area contributed by atoms with Crippen LogP contribution in [0.15, 0.2) is 6.07 Å². The Hall–Kier alpha value is -1.36. The molecule has 0 radical (unpaired) electrons. The molecule has 1 heterocycles. The lowest BCUT2D eigenvalue weighted by Crippen LogP contribution is -2.44. The maximum atomic E-state index is 11.8. The maximum Gasteiger partial charge on any atom is 0.237 e. The summed E-state index contributed by atoms with van der Waals surface area (Å²) in [7, 11) is 0. The lowest BCUT2D eigenvalue weighted by molar-refractivity contribution is -0.123.